The molecule has 0 spiro atoms. The van der Waals surface area contributed by atoms with Gasteiger partial charge in [0.25, 0.3) is 0 Å². The summed E-state index contributed by atoms with van der Waals surface area (Å²) < 4.78 is 0. The first-order valence-electron chi connectivity index (χ1n) is 7.18. The van der Waals surface area contributed by atoms with E-state index >= 15 is 0 Å². The van der Waals surface area contributed by atoms with Gasteiger partial charge in [-0.3, -0.25) is 0 Å². The minimum absolute atomic E-state index is 0.0723. The molecule has 4 heteroatoms. The third-order valence-corrected chi connectivity index (χ3v) is 3.66. The first-order valence-corrected chi connectivity index (χ1v) is 7.18. The molecule has 1 unspecified atom stereocenters. The molecule has 0 aromatic carbocycles. The minimum Gasteiger partial charge on any atom is -0.394 e. The maximum atomic E-state index is 9.57. The zero-order valence-electron chi connectivity index (χ0n) is 13.0. The highest BCUT2D eigenvalue weighted by Gasteiger charge is 2.25. The minimum atomic E-state index is -0.0723. The van der Waals surface area contributed by atoms with Gasteiger partial charge in [0.05, 0.1) is 6.61 Å². The van der Waals surface area contributed by atoms with Crippen LogP contribution in [-0.2, 0) is 0 Å². The van der Waals surface area contributed by atoms with Crippen LogP contribution in [0, 0.1) is 0 Å². The zero-order chi connectivity index (χ0) is 14.0. The number of hydrogen-bond donors (Lipinski definition) is 2. The van der Waals surface area contributed by atoms with Crippen LogP contribution in [-0.4, -0.2) is 74.4 Å². The first-order chi connectivity index (χ1) is 8.49. The Bertz CT molecular complexity index is 193. The van der Waals surface area contributed by atoms with Crippen LogP contribution in [0.1, 0.15) is 33.1 Å². The highest BCUT2D eigenvalue weighted by molar-refractivity contribution is 4.85. The van der Waals surface area contributed by atoms with Crippen molar-refractivity contribution >= 4 is 0 Å². The second-order valence-corrected chi connectivity index (χ2v) is 5.53. The van der Waals surface area contributed by atoms with Crippen molar-refractivity contribution in [3.8, 4) is 0 Å². The third-order valence-electron chi connectivity index (χ3n) is 3.66. The maximum absolute atomic E-state index is 9.57. The maximum Gasteiger partial charge on any atom is 0.0613 e. The Morgan fingerprint density at radius 2 is 1.72 bits per heavy atom. The van der Waals surface area contributed by atoms with E-state index in [-0.39, 0.29) is 12.1 Å². The number of rotatable bonds is 11. The molecule has 0 bridgehead atoms. The van der Waals surface area contributed by atoms with Gasteiger partial charge in [-0.2, -0.15) is 0 Å². The van der Waals surface area contributed by atoms with E-state index in [1.54, 1.807) is 0 Å². The molecule has 2 N–H and O–H groups in total. The normalized spacial score (nSPS) is 15.3. The van der Waals surface area contributed by atoms with Crippen molar-refractivity contribution in [3.63, 3.8) is 0 Å². The summed E-state index contributed by atoms with van der Waals surface area (Å²) in [6.07, 6.45) is 3.16. The molecule has 110 valence electrons. The van der Waals surface area contributed by atoms with Crippen LogP contribution in [0.15, 0.2) is 0 Å². The molecule has 0 fully saturated rings. The number of likely N-dealkylation sites (N-methyl/N-ethyl adjacent to an activating group) is 3. The smallest absolute Gasteiger partial charge is 0.0613 e. The van der Waals surface area contributed by atoms with E-state index in [2.05, 4.69) is 50.1 Å². The SMILES string of the molecule is CCNC(CC)(CO)CCCN(C)CCN(C)C. The third kappa shape index (κ3) is 7.31. The van der Waals surface area contributed by atoms with Crippen LogP contribution in [0.5, 0.6) is 0 Å². The van der Waals surface area contributed by atoms with Crippen molar-refractivity contribution in [2.24, 2.45) is 0 Å². The van der Waals surface area contributed by atoms with E-state index in [1.807, 2.05) is 0 Å². The largest absolute Gasteiger partial charge is 0.394 e. The van der Waals surface area contributed by atoms with E-state index in [9.17, 15) is 5.11 Å². The number of aliphatic hydroxyl groups excluding tert-OH is 1. The second-order valence-electron chi connectivity index (χ2n) is 5.53. The van der Waals surface area contributed by atoms with Crippen LogP contribution in [0.4, 0.5) is 0 Å². The standard InChI is InChI=1S/C14H33N3O/c1-6-14(13-18,15-7-2)9-8-10-17(5)12-11-16(3)4/h15,18H,6-13H2,1-5H3. The summed E-state index contributed by atoms with van der Waals surface area (Å²) in [6.45, 7) is 8.71. The van der Waals surface area contributed by atoms with Gasteiger partial charge in [0.2, 0.25) is 0 Å². The Hall–Kier alpha value is -0.160. The van der Waals surface area contributed by atoms with Gasteiger partial charge in [0.15, 0.2) is 0 Å². The fourth-order valence-corrected chi connectivity index (χ4v) is 2.18. The summed E-state index contributed by atoms with van der Waals surface area (Å²) in [7, 11) is 6.38. The van der Waals surface area contributed by atoms with Gasteiger partial charge in [-0.1, -0.05) is 13.8 Å². The Balaban J connectivity index is 3.91. The van der Waals surface area contributed by atoms with Crippen molar-refractivity contribution < 1.29 is 5.11 Å². The van der Waals surface area contributed by atoms with Crippen molar-refractivity contribution in [2.45, 2.75) is 38.6 Å². The monoisotopic (exact) mass is 259 g/mol. The summed E-state index contributed by atoms with van der Waals surface area (Å²) in [4.78, 5) is 4.57. The fraction of sp³-hybridized carbons (Fsp3) is 1.00. The van der Waals surface area contributed by atoms with Crippen LogP contribution in [0.3, 0.4) is 0 Å². The highest BCUT2D eigenvalue weighted by Crippen LogP contribution is 2.16. The van der Waals surface area contributed by atoms with Crippen LogP contribution >= 0.6 is 0 Å². The Morgan fingerprint density at radius 3 is 2.17 bits per heavy atom. The molecule has 18 heavy (non-hydrogen) atoms. The average Bonchev–Trinajstić information content (AvgIpc) is 2.35. The quantitative estimate of drug-likeness (QED) is 0.581. The highest BCUT2D eigenvalue weighted by atomic mass is 16.3. The molecule has 0 radical (unpaired) electrons. The number of nitrogens with one attached hydrogen (secondary N) is 1. The molecule has 1 atom stereocenters. The Morgan fingerprint density at radius 1 is 1.06 bits per heavy atom. The molecule has 0 aliphatic carbocycles. The van der Waals surface area contributed by atoms with Gasteiger partial charge in [-0.15, -0.1) is 0 Å². The molecule has 0 rings (SSSR count). The number of nitrogens with zero attached hydrogens (tertiary/aromatic N) is 2. The van der Waals surface area contributed by atoms with Crippen molar-refractivity contribution in [1.82, 2.24) is 15.1 Å². The van der Waals surface area contributed by atoms with Gasteiger partial charge in [0, 0.05) is 18.6 Å². The molecule has 0 aromatic rings. The molecule has 0 aromatic heterocycles. The van der Waals surface area contributed by atoms with Gasteiger partial charge in [-0.25, -0.2) is 0 Å². The van der Waals surface area contributed by atoms with E-state index in [1.165, 1.54) is 0 Å². The predicted molar refractivity (Wildman–Crippen MR) is 79.1 cm³/mol. The van der Waals surface area contributed by atoms with Gasteiger partial charge in [-0.05, 0) is 53.5 Å². The molecule has 0 saturated carbocycles. The molecule has 0 aliphatic rings. The summed E-state index contributed by atoms with van der Waals surface area (Å²) >= 11 is 0. The van der Waals surface area contributed by atoms with Gasteiger partial charge >= 0.3 is 0 Å². The zero-order valence-corrected chi connectivity index (χ0v) is 13.0. The van der Waals surface area contributed by atoms with Crippen LogP contribution in [0.2, 0.25) is 0 Å². The van der Waals surface area contributed by atoms with E-state index < -0.39 is 0 Å². The Kier molecular flexibility index (Phi) is 9.64. The lowest BCUT2D eigenvalue weighted by atomic mass is 9.91. The van der Waals surface area contributed by atoms with E-state index in [0.717, 1.165) is 45.4 Å². The summed E-state index contributed by atoms with van der Waals surface area (Å²) in [5.41, 5.74) is -0.0723. The lowest BCUT2D eigenvalue weighted by Gasteiger charge is -2.32. The molecular weight excluding hydrogens is 226 g/mol. The molecule has 0 heterocycles. The molecule has 4 nitrogen and oxygen atoms in total. The van der Waals surface area contributed by atoms with Crippen LogP contribution in [0.25, 0.3) is 0 Å². The van der Waals surface area contributed by atoms with Crippen molar-refractivity contribution in [2.75, 3.05) is 53.9 Å². The van der Waals surface area contributed by atoms with Gasteiger partial charge in [0.1, 0.15) is 0 Å². The number of aliphatic hydroxyl groups is 1. The van der Waals surface area contributed by atoms with Crippen molar-refractivity contribution in [3.05, 3.63) is 0 Å². The lowest BCUT2D eigenvalue weighted by molar-refractivity contribution is 0.141. The van der Waals surface area contributed by atoms with E-state index in [4.69, 9.17) is 0 Å². The van der Waals surface area contributed by atoms with E-state index in [0.29, 0.717) is 0 Å². The average molecular weight is 259 g/mol. The molecule has 0 amide bonds. The number of hydrogen-bond acceptors (Lipinski definition) is 4. The summed E-state index contributed by atoms with van der Waals surface area (Å²) in [5.74, 6) is 0. The Labute approximate surface area is 113 Å². The summed E-state index contributed by atoms with van der Waals surface area (Å²) in [5, 5.41) is 13.0. The first kappa shape index (κ1) is 17.8. The lowest BCUT2D eigenvalue weighted by Crippen LogP contribution is -2.48. The molecule has 0 saturated heterocycles. The fourth-order valence-electron chi connectivity index (χ4n) is 2.18. The molecular formula is C14H33N3O. The summed E-state index contributed by atoms with van der Waals surface area (Å²) in [6, 6.07) is 0. The van der Waals surface area contributed by atoms with Crippen LogP contribution < -0.4 is 5.32 Å². The molecule has 0 aliphatic heterocycles. The van der Waals surface area contributed by atoms with Crippen molar-refractivity contribution in [1.29, 1.82) is 0 Å². The predicted octanol–water partition coefficient (Wildman–Crippen LogP) is 1.01. The second kappa shape index (κ2) is 9.73. The van der Waals surface area contributed by atoms with Gasteiger partial charge < -0.3 is 20.2 Å². The topological polar surface area (TPSA) is 38.7 Å².